The van der Waals surface area contributed by atoms with Gasteiger partial charge < -0.3 is 10.2 Å². The van der Waals surface area contributed by atoms with E-state index < -0.39 is 0 Å². The van der Waals surface area contributed by atoms with Crippen molar-refractivity contribution in [3.8, 4) is 0 Å². The highest BCUT2D eigenvalue weighted by Crippen LogP contribution is 2.07. The molecule has 1 amide bonds. The fourth-order valence-corrected chi connectivity index (χ4v) is 2.39. The molecule has 0 bridgehead atoms. The van der Waals surface area contributed by atoms with Gasteiger partial charge in [-0.1, -0.05) is 30.3 Å². The van der Waals surface area contributed by atoms with Crippen molar-refractivity contribution in [2.45, 2.75) is 32.2 Å². The third-order valence-electron chi connectivity index (χ3n) is 3.41. The molecule has 0 radical (unpaired) electrons. The van der Waals surface area contributed by atoms with E-state index in [1.807, 2.05) is 23.1 Å². The van der Waals surface area contributed by atoms with Gasteiger partial charge in [0.2, 0.25) is 5.91 Å². The SMILES string of the molecule is CC1CN(C(=O)CCc2ccccc2)CCCN1. The molecule has 1 heterocycles. The Bertz CT molecular complexity index is 377. The topological polar surface area (TPSA) is 32.3 Å². The number of aryl methyl sites for hydroxylation is 1. The maximum absolute atomic E-state index is 12.2. The summed E-state index contributed by atoms with van der Waals surface area (Å²) in [6.07, 6.45) is 2.52. The Morgan fingerprint density at radius 3 is 2.94 bits per heavy atom. The standard InChI is InChI=1S/C15H22N2O/c1-13-12-17(11-5-10-16-13)15(18)9-8-14-6-3-2-4-7-14/h2-4,6-7,13,16H,5,8-12H2,1H3. The van der Waals surface area contributed by atoms with Crippen LogP contribution in [0.2, 0.25) is 0 Å². The van der Waals surface area contributed by atoms with E-state index in [0.29, 0.717) is 12.5 Å². The average molecular weight is 246 g/mol. The molecule has 3 heteroatoms. The van der Waals surface area contributed by atoms with Gasteiger partial charge in [-0.05, 0) is 31.9 Å². The second-order valence-electron chi connectivity index (χ2n) is 5.03. The first-order valence-corrected chi connectivity index (χ1v) is 6.81. The Morgan fingerprint density at radius 1 is 1.39 bits per heavy atom. The Balaban J connectivity index is 1.83. The number of carbonyl (C=O) groups is 1. The van der Waals surface area contributed by atoms with Crippen LogP contribution in [-0.2, 0) is 11.2 Å². The van der Waals surface area contributed by atoms with Crippen LogP contribution in [0.25, 0.3) is 0 Å². The molecule has 0 spiro atoms. The number of benzene rings is 1. The van der Waals surface area contributed by atoms with Gasteiger partial charge in [-0.15, -0.1) is 0 Å². The van der Waals surface area contributed by atoms with Crippen molar-refractivity contribution in [2.75, 3.05) is 19.6 Å². The Morgan fingerprint density at radius 2 is 2.17 bits per heavy atom. The molecular weight excluding hydrogens is 224 g/mol. The van der Waals surface area contributed by atoms with Crippen LogP contribution < -0.4 is 5.32 Å². The van der Waals surface area contributed by atoms with Crippen molar-refractivity contribution in [3.63, 3.8) is 0 Å². The summed E-state index contributed by atoms with van der Waals surface area (Å²) in [5.41, 5.74) is 1.24. The average Bonchev–Trinajstić information content (AvgIpc) is 2.62. The van der Waals surface area contributed by atoms with Crippen molar-refractivity contribution in [1.82, 2.24) is 10.2 Å². The molecule has 0 saturated carbocycles. The van der Waals surface area contributed by atoms with Gasteiger partial charge in [0, 0.05) is 25.6 Å². The first kappa shape index (κ1) is 13.1. The highest BCUT2D eigenvalue weighted by atomic mass is 16.2. The first-order valence-electron chi connectivity index (χ1n) is 6.81. The van der Waals surface area contributed by atoms with Gasteiger partial charge in [0.05, 0.1) is 0 Å². The van der Waals surface area contributed by atoms with Crippen molar-refractivity contribution in [1.29, 1.82) is 0 Å². The zero-order valence-corrected chi connectivity index (χ0v) is 11.1. The first-order chi connectivity index (χ1) is 8.75. The number of amides is 1. The molecule has 1 saturated heterocycles. The minimum atomic E-state index is 0.286. The molecule has 18 heavy (non-hydrogen) atoms. The quantitative estimate of drug-likeness (QED) is 0.882. The predicted octanol–water partition coefficient (Wildman–Crippen LogP) is 1.83. The third-order valence-corrected chi connectivity index (χ3v) is 3.41. The van der Waals surface area contributed by atoms with E-state index >= 15 is 0 Å². The van der Waals surface area contributed by atoms with Gasteiger partial charge in [0.15, 0.2) is 0 Å². The van der Waals surface area contributed by atoms with Crippen LogP contribution in [-0.4, -0.2) is 36.5 Å². The van der Waals surface area contributed by atoms with E-state index in [2.05, 4.69) is 24.4 Å². The van der Waals surface area contributed by atoms with E-state index in [1.54, 1.807) is 0 Å². The lowest BCUT2D eigenvalue weighted by molar-refractivity contribution is -0.131. The van der Waals surface area contributed by atoms with E-state index in [0.717, 1.165) is 32.5 Å². The van der Waals surface area contributed by atoms with Crippen molar-refractivity contribution in [3.05, 3.63) is 35.9 Å². The van der Waals surface area contributed by atoms with Crippen LogP contribution in [0.5, 0.6) is 0 Å². The van der Waals surface area contributed by atoms with Crippen LogP contribution >= 0.6 is 0 Å². The molecule has 1 aromatic carbocycles. The molecule has 1 aliphatic rings. The molecule has 1 unspecified atom stereocenters. The number of rotatable bonds is 3. The smallest absolute Gasteiger partial charge is 0.222 e. The Hall–Kier alpha value is -1.35. The van der Waals surface area contributed by atoms with E-state index in [9.17, 15) is 4.79 Å². The van der Waals surface area contributed by atoms with Crippen molar-refractivity contribution < 1.29 is 4.79 Å². The summed E-state index contributed by atoms with van der Waals surface area (Å²) in [6.45, 7) is 4.89. The van der Waals surface area contributed by atoms with E-state index in [1.165, 1.54) is 5.56 Å². The second kappa shape index (κ2) is 6.55. The van der Waals surface area contributed by atoms with Crippen LogP contribution in [0.1, 0.15) is 25.3 Å². The Kier molecular flexibility index (Phi) is 4.76. The number of carbonyl (C=O) groups excluding carboxylic acids is 1. The van der Waals surface area contributed by atoms with Gasteiger partial charge in [0.1, 0.15) is 0 Å². The fraction of sp³-hybridized carbons (Fsp3) is 0.533. The van der Waals surface area contributed by atoms with E-state index in [4.69, 9.17) is 0 Å². The number of hydrogen-bond donors (Lipinski definition) is 1. The zero-order chi connectivity index (χ0) is 12.8. The summed E-state index contributed by atoms with van der Waals surface area (Å²) < 4.78 is 0. The number of hydrogen-bond acceptors (Lipinski definition) is 2. The Labute approximate surface area is 109 Å². The van der Waals surface area contributed by atoms with Crippen LogP contribution in [0, 0.1) is 0 Å². The highest BCUT2D eigenvalue weighted by Gasteiger charge is 2.18. The zero-order valence-electron chi connectivity index (χ0n) is 11.1. The van der Waals surface area contributed by atoms with Crippen LogP contribution in [0.15, 0.2) is 30.3 Å². The monoisotopic (exact) mass is 246 g/mol. The minimum absolute atomic E-state index is 0.286. The van der Waals surface area contributed by atoms with Crippen molar-refractivity contribution >= 4 is 5.91 Å². The fourth-order valence-electron chi connectivity index (χ4n) is 2.39. The maximum atomic E-state index is 12.2. The van der Waals surface area contributed by atoms with Crippen LogP contribution in [0.4, 0.5) is 0 Å². The molecular formula is C15H22N2O. The summed E-state index contributed by atoms with van der Waals surface area (Å²) in [5.74, 6) is 0.286. The molecule has 3 nitrogen and oxygen atoms in total. The molecule has 1 aromatic rings. The van der Waals surface area contributed by atoms with Gasteiger partial charge in [-0.2, -0.15) is 0 Å². The van der Waals surface area contributed by atoms with E-state index in [-0.39, 0.29) is 5.91 Å². The summed E-state index contributed by atoms with van der Waals surface area (Å²) in [7, 11) is 0. The lowest BCUT2D eigenvalue weighted by atomic mass is 10.1. The van der Waals surface area contributed by atoms with Gasteiger partial charge in [-0.3, -0.25) is 4.79 Å². The molecule has 2 rings (SSSR count). The summed E-state index contributed by atoms with van der Waals surface area (Å²) in [5, 5.41) is 3.41. The highest BCUT2D eigenvalue weighted by molar-refractivity contribution is 5.76. The molecule has 1 N–H and O–H groups in total. The van der Waals surface area contributed by atoms with Crippen molar-refractivity contribution in [2.24, 2.45) is 0 Å². The number of nitrogens with one attached hydrogen (secondary N) is 1. The molecule has 0 aliphatic carbocycles. The predicted molar refractivity (Wildman–Crippen MR) is 73.4 cm³/mol. The van der Waals surface area contributed by atoms with Crippen LogP contribution in [0.3, 0.4) is 0 Å². The summed E-state index contributed by atoms with van der Waals surface area (Å²) in [6, 6.07) is 10.6. The third kappa shape index (κ3) is 3.84. The summed E-state index contributed by atoms with van der Waals surface area (Å²) in [4.78, 5) is 14.2. The minimum Gasteiger partial charge on any atom is -0.341 e. The van der Waals surface area contributed by atoms with Gasteiger partial charge >= 0.3 is 0 Å². The molecule has 1 fully saturated rings. The molecule has 1 atom stereocenters. The summed E-state index contributed by atoms with van der Waals surface area (Å²) >= 11 is 0. The number of nitrogens with zero attached hydrogens (tertiary/aromatic N) is 1. The molecule has 98 valence electrons. The molecule has 0 aromatic heterocycles. The second-order valence-corrected chi connectivity index (χ2v) is 5.03. The maximum Gasteiger partial charge on any atom is 0.222 e. The lowest BCUT2D eigenvalue weighted by Crippen LogP contribution is -2.39. The van der Waals surface area contributed by atoms with Gasteiger partial charge in [0.25, 0.3) is 0 Å². The lowest BCUT2D eigenvalue weighted by Gasteiger charge is -2.22. The largest absolute Gasteiger partial charge is 0.341 e. The molecule has 1 aliphatic heterocycles. The van der Waals surface area contributed by atoms with Gasteiger partial charge in [-0.25, -0.2) is 0 Å². The normalized spacial score (nSPS) is 20.5.